The molecule has 1 aromatic heterocycles. The predicted molar refractivity (Wildman–Crippen MR) is 103 cm³/mol. The molecule has 0 saturated heterocycles. The van der Waals surface area contributed by atoms with Crippen molar-refractivity contribution in [3.63, 3.8) is 0 Å². The summed E-state index contributed by atoms with van der Waals surface area (Å²) in [7, 11) is 0. The molecule has 1 aromatic carbocycles. The average Bonchev–Trinajstić information content (AvgIpc) is 2.60. The van der Waals surface area contributed by atoms with E-state index in [-0.39, 0.29) is 17.5 Å². The zero-order valence-corrected chi connectivity index (χ0v) is 15.2. The first-order chi connectivity index (χ1) is 12.5. The maximum absolute atomic E-state index is 11.3. The van der Waals surface area contributed by atoms with Crippen LogP contribution in [0.5, 0.6) is 0 Å². The van der Waals surface area contributed by atoms with Crippen molar-refractivity contribution < 1.29 is 4.92 Å². The lowest BCUT2D eigenvalue weighted by Crippen LogP contribution is -2.11. The highest BCUT2D eigenvalue weighted by molar-refractivity contribution is 6.31. The van der Waals surface area contributed by atoms with Gasteiger partial charge in [0.1, 0.15) is 5.69 Å². The van der Waals surface area contributed by atoms with E-state index in [2.05, 4.69) is 15.3 Å². The van der Waals surface area contributed by atoms with E-state index >= 15 is 0 Å². The fourth-order valence-corrected chi connectivity index (χ4v) is 2.78. The summed E-state index contributed by atoms with van der Waals surface area (Å²) >= 11 is 6.13. The molecule has 0 amide bonds. The summed E-state index contributed by atoms with van der Waals surface area (Å²) < 4.78 is 0. The Kier molecular flexibility index (Phi) is 7.55. The maximum Gasteiger partial charge on any atom is 0.332 e. The Morgan fingerprint density at radius 1 is 1.15 bits per heavy atom. The molecular formula is C17H23ClN6O2. The van der Waals surface area contributed by atoms with Gasteiger partial charge in [-0.05, 0) is 37.4 Å². The minimum Gasteiger partial charge on any atom is -0.378 e. The molecule has 2 rings (SSSR count). The molecule has 0 unspecified atom stereocenters. The Morgan fingerprint density at radius 3 is 2.58 bits per heavy atom. The van der Waals surface area contributed by atoms with Crippen molar-refractivity contribution in [1.29, 1.82) is 0 Å². The van der Waals surface area contributed by atoms with Crippen LogP contribution in [0, 0.1) is 10.1 Å². The molecule has 9 heteroatoms. The first kappa shape index (κ1) is 19.9. The summed E-state index contributed by atoms with van der Waals surface area (Å²) in [6.45, 7) is 1.05. The number of anilines is 2. The van der Waals surface area contributed by atoms with E-state index in [1.165, 1.54) is 0 Å². The number of nitrogen functional groups attached to an aromatic ring is 1. The van der Waals surface area contributed by atoms with Crippen LogP contribution in [-0.2, 0) is 13.0 Å². The molecule has 0 bridgehead atoms. The molecule has 26 heavy (non-hydrogen) atoms. The highest BCUT2D eigenvalue weighted by atomic mass is 35.5. The largest absolute Gasteiger partial charge is 0.378 e. The normalized spacial score (nSPS) is 10.7. The third-order valence-electron chi connectivity index (χ3n) is 3.93. The van der Waals surface area contributed by atoms with Crippen molar-refractivity contribution in [2.75, 3.05) is 17.6 Å². The van der Waals surface area contributed by atoms with Crippen LogP contribution < -0.4 is 16.8 Å². The van der Waals surface area contributed by atoms with E-state index in [1.807, 2.05) is 18.2 Å². The Hall–Kier alpha value is -2.45. The summed E-state index contributed by atoms with van der Waals surface area (Å²) in [4.78, 5) is 19.1. The maximum atomic E-state index is 11.3. The fourth-order valence-electron chi connectivity index (χ4n) is 2.58. The predicted octanol–water partition coefficient (Wildman–Crippen LogP) is 3.29. The zero-order valence-electron chi connectivity index (χ0n) is 14.4. The van der Waals surface area contributed by atoms with E-state index in [0.717, 1.165) is 31.2 Å². The third-order valence-corrected chi connectivity index (χ3v) is 4.30. The van der Waals surface area contributed by atoms with Crippen LogP contribution >= 0.6 is 11.6 Å². The number of nitrogens with one attached hydrogen (secondary N) is 1. The minimum atomic E-state index is -0.525. The minimum absolute atomic E-state index is 0.136. The second kappa shape index (κ2) is 9.88. The Balaban J connectivity index is 2.12. The molecule has 0 atom stereocenters. The molecule has 5 N–H and O–H groups in total. The van der Waals surface area contributed by atoms with Gasteiger partial charge in [0.15, 0.2) is 0 Å². The topological polar surface area (TPSA) is 133 Å². The molecule has 0 saturated carbocycles. The number of nitro groups is 1. The molecule has 0 radical (unpaired) electrons. The molecule has 0 aliphatic carbocycles. The van der Waals surface area contributed by atoms with Gasteiger partial charge < -0.3 is 16.8 Å². The van der Waals surface area contributed by atoms with E-state index in [1.54, 1.807) is 6.07 Å². The number of benzene rings is 1. The van der Waals surface area contributed by atoms with Crippen LogP contribution in [0.3, 0.4) is 0 Å². The molecule has 0 fully saturated rings. The zero-order chi connectivity index (χ0) is 18.9. The Bertz CT molecular complexity index is 756. The first-order valence-corrected chi connectivity index (χ1v) is 8.89. The van der Waals surface area contributed by atoms with Crippen LogP contribution in [0.25, 0.3) is 0 Å². The number of unbranched alkanes of at least 4 members (excludes halogenated alkanes) is 3. The summed E-state index contributed by atoms with van der Waals surface area (Å²) in [6, 6.07) is 7.38. The number of halogens is 1. The second-order valence-electron chi connectivity index (χ2n) is 5.88. The highest BCUT2D eigenvalue weighted by Crippen LogP contribution is 2.26. The van der Waals surface area contributed by atoms with Crippen molar-refractivity contribution in [2.24, 2.45) is 5.73 Å². The SMILES string of the molecule is NCCCCCCc1nc(NCc2ccccc2Cl)nc(N)c1[N+](=O)[O-]. The van der Waals surface area contributed by atoms with Gasteiger partial charge in [0, 0.05) is 11.6 Å². The number of hydrogen-bond donors (Lipinski definition) is 3. The standard InChI is InChI=1S/C17H23ClN6O2/c18-13-8-5-4-7-12(13)11-21-17-22-14(9-3-1-2-6-10-19)15(24(25)26)16(20)23-17/h4-5,7-8H,1-3,6,9-11,19H2,(H3,20,21,22,23). The van der Waals surface area contributed by atoms with Crippen molar-refractivity contribution in [3.05, 3.63) is 50.7 Å². The van der Waals surface area contributed by atoms with E-state index in [0.29, 0.717) is 30.2 Å². The molecule has 0 aliphatic heterocycles. The van der Waals surface area contributed by atoms with Gasteiger partial charge in [-0.1, -0.05) is 42.6 Å². The van der Waals surface area contributed by atoms with Crippen LogP contribution in [0.1, 0.15) is 36.9 Å². The van der Waals surface area contributed by atoms with Gasteiger partial charge >= 0.3 is 5.69 Å². The lowest BCUT2D eigenvalue weighted by Gasteiger charge is -2.10. The number of aromatic nitrogens is 2. The average molecular weight is 379 g/mol. The quantitative estimate of drug-likeness (QED) is 0.328. The molecular weight excluding hydrogens is 356 g/mol. The number of hydrogen-bond acceptors (Lipinski definition) is 7. The molecule has 8 nitrogen and oxygen atoms in total. The third kappa shape index (κ3) is 5.53. The van der Waals surface area contributed by atoms with Crippen LogP contribution in [0.4, 0.5) is 17.5 Å². The van der Waals surface area contributed by atoms with Gasteiger partial charge in [-0.2, -0.15) is 4.98 Å². The van der Waals surface area contributed by atoms with Crippen LogP contribution in [-0.4, -0.2) is 21.4 Å². The van der Waals surface area contributed by atoms with Gasteiger partial charge in [0.2, 0.25) is 11.8 Å². The lowest BCUT2D eigenvalue weighted by atomic mass is 10.1. The Labute approximate surface area is 157 Å². The van der Waals surface area contributed by atoms with Crippen LogP contribution in [0.15, 0.2) is 24.3 Å². The van der Waals surface area contributed by atoms with Gasteiger partial charge in [-0.15, -0.1) is 0 Å². The summed E-state index contributed by atoms with van der Waals surface area (Å²) in [5, 5.41) is 15.0. The number of aryl methyl sites for hydroxylation is 1. The Morgan fingerprint density at radius 2 is 1.88 bits per heavy atom. The van der Waals surface area contributed by atoms with Gasteiger partial charge in [-0.3, -0.25) is 10.1 Å². The first-order valence-electron chi connectivity index (χ1n) is 8.51. The van der Waals surface area contributed by atoms with E-state index < -0.39 is 4.92 Å². The second-order valence-corrected chi connectivity index (χ2v) is 6.29. The fraction of sp³-hybridized carbons (Fsp3) is 0.412. The molecule has 2 aromatic rings. The van der Waals surface area contributed by atoms with Crippen molar-refractivity contribution in [1.82, 2.24) is 9.97 Å². The highest BCUT2D eigenvalue weighted by Gasteiger charge is 2.22. The number of nitrogens with zero attached hydrogens (tertiary/aromatic N) is 3. The summed E-state index contributed by atoms with van der Waals surface area (Å²) in [6.07, 6.45) is 4.11. The van der Waals surface area contributed by atoms with Crippen LogP contribution in [0.2, 0.25) is 5.02 Å². The van der Waals surface area contributed by atoms with Gasteiger partial charge in [-0.25, -0.2) is 4.98 Å². The molecule has 140 valence electrons. The monoisotopic (exact) mass is 378 g/mol. The lowest BCUT2D eigenvalue weighted by molar-refractivity contribution is -0.385. The molecule has 0 aliphatic rings. The van der Waals surface area contributed by atoms with Crippen molar-refractivity contribution >= 4 is 29.1 Å². The number of rotatable bonds is 10. The van der Waals surface area contributed by atoms with Gasteiger partial charge in [0.25, 0.3) is 0 Å². The smallest absolute Gasteiger partial charge is 0.332 e. The van der Waals surface area contributed by atoms with Crippen molar-refractivity contribution in [2.45, 2.75) is 38.6 Å². The van der Waals surface area contributed by atoms with Gasteiger partial charge in [0.05, 0.1) is 4.92 Å². The molecule has 0 spiro atoms. The summed E-state index contributed by atoms with van der Waals surface area (Å²) in [5.41, 5.74) is 12.3. The summed E-state index contributed by atoms with van der Waals surface area (Å²) in [5.74, 6) is 0.119. The van der Waals surface area contributed by atoms with E-state index in [9.17, 15) is 10.1 Å². The number of nitrogens with two attached hydrogens (primary N) is 2. The molecule has 1 heterocycles. The van der Waals surface area contributed by atoms with E-state index in [4.69, 9.17) is 23.1 Å². The van der Waals surface area contributed by atoms with Crippen molar-refractivity contribution in [3.8, 4) is 0 Å².